The van der Waals surface area contributed by atoms with Gasteiger partial charge in [-0.3, -0.25) is 4.79 Å². The van der Waals surface area contributed by atoms with Crippen molar-refractivity contribution in [2.24, 2.45) is 0 Å². The molecule has 1 aliphatic heterocycles. The SMILES string of the molecule is Cc1cccc(-c2nccc(Nc3ccnc(Cc4ccc(N5CCNCC5)c(CC(=O)O)c4)n3)n2)n1. The molecule has 1 saturated heterocycles. The molecule has 4 aromatic rings. The minimum atomic E-state index is -0.846. The van der Waals surface area contributed by atoms with Crippen molar-refractivity contribution in [3.8, 4) is 11.5 Å². The summed E-state index contributed by atoms with van der Waals surface area (Å²) >= 11 is 0. The zero-order chi connectivity index (χ0) is 25.6. The van der Waals surface area contributed by atoms with Crippen molar-refractivity contribution in [3.63, 3.8) is 0 Å². The molecule has 3 N–H and O–H groups in total. The van der Waals surface area contributed by atoms with E-state index in [1.165, 1.54) is 0 Å². The van der Waals surface area contributed by atoms with Crippen LogP contribution in [-0.4, -0.2) is 62.2 Å². The fourth-order valence-corrected chi connectivity index (χ4v) is 4.35. The molecule has 0 unspecified atom stereocenters. The van der Waals surface area contributed by atoms with Crippen LogP contribution in [0.25, 0.3) is 11.5 Å². The second-order valence-corrected chi connectivity index (χ2v) is 8.86. The topological polar surface area (TPSA) is 129 Å². The quantitative estimate of drug-likeness (QED) is 0.335. The van der Waals surface area contributed by atoms with E-state index in [4.69, 9.17) is 0 Å². The first-order chi connectivity index (χ1) is 18.0. The molecule has 4 heterocycles. The number of aromatic nitrogens is 5. The standard InChI is InChI=1S/C27H28N8O2/c1-18-3-2-4-21(31-18)27-30-10-8-24(34-27)32-23-7-9-29-25(33-23)16-19-5-6-22(20(15-19)17-26(36)37)35-13-11-28-12-14-35/h2-10,15,28H,11-14,16-17H2,1H3,(H,36,37)(H,29,30,32,33,34). The van der Waals surface area contributed by atoms with E-state index in [1.807, 2.05) is 43.3 Å². The largest absolute Gasteiger partial charge is 0.481 e. The summed E-state index contributed by atoms with van der Waals surface area (Å²) in [6.07, 6.45) is 3.83. The Labute approximate surface area is 214 Å². The first-order valence-electron chi connectivity index (χ1n) is 12.2. The molecule has 0 atom stereocenters. The Morgan fingerprint density at radius 3 is 2.57 bits per heavy atom. The lowest BCUT2D eigenvalue weighted by atomic mass is 10.0. The van der Waals surface area contributed by atoms with Gasteiger partial charge in [0.15, 0.2) is 5.82 Å². The maximum absolute atomic E-state index is 11.5. The minimum Gasteiger partial charge on any atom is -0.481 e. The van der Waals surface area contributed by atoms with Crippen molar-refractivity contribution < 1.29 is 9.90 Å². The van der Waals surface area contributed by atoms with Crippen molar-refractivity contribution >= 4 is 23.3 Å². The molecular formula is C27H28N8O2. The summed E-state index contributed by atoms with van der Waals surface area (Å²) < 4.78 is 0. The van der Waals surface area contributed by atoms with Gasteiger partial charge in [0.05, 0.1) is 6.42 Å². The van der Waals surface area contributed by atoms with Crippen LogP contribution in [0.4, 0.5) is 17.3 Å². The van der Waals surface area contributed by atoms with Gasteiger partial charge in [-0.15, -0.1) is 0 Å². The van der Waals surface area contributed by atoms with Crippen LogP contribution in [0, 0.1) is 6.92 Å². The number of anilines is 3. The lowest BCUT2D eigenvalue weighted by Gasteiger charge is -2.31. The molecular weight excluding hydrogens is 468 g/mol. The Morgan fingerprint density at radius 2 is 1.78 bits per heavy atom. The number of hydrogen-bond donors (Lipinski definition) is 3. The number of nitrogens with one attached hydrogen (secondary N) is 2. The number of aliphatic carboxylic acids is 1. The number of nitrogens with zero attached hydrogens (tertiary/aromatic N) is 6. The number of piperazine rings is 1. The maximum Gasteiger partial charge on any atom is 0.307 e. The average Bonchev–Trinajstić information content (AvgIpc) is 2.89. The number of pyridine rings is 1. The molecule has 0 aliphatic carbocycles. The third-order valence-electron chi connectivity index (χ3n) is 6.04. The third-order valence-corrected chi connectivity index (χ3v) is 6.04. The van der Waals surface area contributed by atoms with Crippen molar-refractivity contribution in [1.29, 1.82) is 0 Å². The van der Waals surface area contributed by atoms with Crippen LogP contribution in [0.2, 0.25) is 0 Å². The highest BCUT2D eigenvalue weighted by molar-refractivity contribution is 5.74. The van der Waals surface area contributed by atoms with Crippen LogP contribution in [0.3, 0.4) is 0 Å². The molecule has 188 valence electrons. The lowest BCUT2D eigenvalue weighted by molar-refractivity contribution is -0.136. The van der Waals surface area contributed by atoms with E-state index in [0.29, 0.717) is 35.4 Å². The van der Waals surface area contributed by atoms with Crippen molar-refractivity contribution in [2.45, 2.75) is 19.8 Å². The van der Waals surface area contributed by atoms with Gasteiger partial charge in [0, 0.05) is 56.4 Å². The highest BCUT2D eigenvalue weighted by atomic mass is 16.4. The maximum atomic E-state index is 11.5. The monoisotopic (exact) mass is 496 g/mol. The van der Waals surface area contributed by atoms with E-state index in [2.05, 4.69) is 40.5 Å². The molecule has 5 rings (SSSR count). The molecule has 0 radical (unpaired) electrons. The average molecular weight is 497 g/mol. The molecule has 10 nitrogen and oxygen atoms in total. The van der Waals surface area contributed by atoms with E-state index < -0.39 is 5.97 Å². The normalized spacial score (nSPS) is 13.4. The van der Waals surface area contributed by atoms with Gasteiger partial charge in [0.1, 0.15) is 23.2 Å². The van der Waals surface area contributed by atoms with Crippen LogP contribution in [0.1, 0.15) is 22.6 Å². The fraction of sp³-hybridized carbons (Fsp3) is 0.259. The second kappa shape index (κ2) is 11.1. The Balaban J connectivity index is 1.33. The predicted octanol–water partition coefficient (Wildman–Crippen LogP) is 3.01. The van der Waals surface area contributed by atoms with Gasteiger partial charge < -0.3 is 20.6 Å². The number of hydrogen-bond acceptors (Lipinski definition) is 9. The fourth-order valence-electron chi connectivity index (χ4n) is 4.35. The molecule has 1 aromatic carbocycles. The highest BCUT2D eigenvalue weighted by Crippen LogP contribution is 2.25. The number of carboxylic acid groups (broad SMARTS) is 1. The molecule has 10 heteroatoms. The predicted molar refractivity (Wildman–Crippen MR) is 141 cm³/mol. The van der Waals surface area contributed by atoms with Gasteiger partial charge in [-0.25, -0.2) is 24.9 Å². The molecule has 0 spiro atoms. The van der Waals surface area contributed by atoms with Gasteiger partial charge in [-0.05, 0) is 48.4 Å². The summed E-state index contributed by atoms with van der Waals surface area (Å²) in [6.45, 7) is 5.41. The molecule has 0 saturated carbocycles. The van der Waals surface area contributed by atoms with Crippen LogP contribution >= 0.6 is 0 Å². The van der Waals surface area contributed by atoms with E-state index in [-0.39, 0.29) is 6.42 Å². The number of carboxylic acids is 1. The summed E-state index contributed by atoms with van der Waals surface area (Å²) in [4.78, 5) is 36.3. The number of benzene rings is 1. The van der Waals surface area contributed by atoms with Crippen LogP contribution in [0.5, 0.6) is 0 Å². The van der Waals surface area contributed by atoms with Gasteiger partial charge in [0.2, 0.25) is 0 Å². The zero-order valence-corrected chi connectivity index (χ0v) is 20.6. The summed E-state index contributed by atoms with van der Waals surface area (Å²) in [5, 5.41) is 16.0. The third kappa shape index (κ3) is 6.22. The number of aryl methyl sites for hydroxylation is 1. The first-order valence-corrected chi connectivity index (χ1v) is 12.2. The van der Waals surface area contributed by atoms with Crippen molar-refractivity contribution in [2.75, 3.05) is 36.4 Å². The minimum absolute atomic E-state index is 0.0264. The smallest absolute Gasteiger partial charge is 0.307 e. The van der Waals surface area contributed by atoms with E-state index in [1.54, 1.807) is 24.5 Å². The molecule has 1 aliphatic rings. The summed E-state index contributed by atoms with van der Waals surface area (Å²) in [7, 11) is 0. The van der Waals surface area contributed by atoms with Gasteiger partial charge in [-0.2, -0.15) is 0 Å². The molecule has 1 fully saturated rings. The van der Waals surface area contributed by atoms with Crippen LogP contribution < -0.4 is 15.5 Å². The highest BCUT2D eigenvalue weighted by Gasteiger charge is 2.17. The Morgan fingerprint density at radius 1 is 1.00 bits per heavy atom. The first kappa shape index (κ1) is 24.3. The van der Waals surface area contributed by atoms with Crippen molar-refractivity contribution in [1.82, 2.24) is 30.2 Å². The Hall–Kier alpha value is -4.44. The van der Waals surface area contributed by atoms with Gasteiger partial charge in [0.25, 0.3) is 0 Å². The van der Waals surface area contributed by atoms with Gasteiger partial charge >= 0.3 is 5.97 Å². The Kier molecular flexibility index (Phi) is 7.27. The number of carbonyl (C=O) groups is 1. The van der Waals surface area contributed by atoms with E-state index >= 15 is 0 Å². The van der Waals surface area contributed by atoms with Crippen molar-refractivity contribution in [3.05, 3.63) is 83.6 Å². The zero-order valence-electron chi connectivity index (χ0n) is 20.6. The number of rotatable bonds is 8. The van der Waals surface area contributed by atoms with Crippen LogP contribution in [0.15, 0.2) is 60.9 Å². The van der Waals surface area contributed by atoms with Gasteiger partial charge in [-0.1, -0.05) is 18.2 Å². The molecule has 0 amide bonds. The van der Waals surface area contributed by atoms with Crippen LogP contribution in [-0.2, 0) is 17.6 Å². The molecule has 37 heavy (non-hydrogen) atoms. The summed E-state index contributed by atoms with van der Waals surface area (Å²) in [5.74, 6) is 1.51. The van der Waals surface area contributed by atoms with E-state index in [0.717, 1.165) is 48.7 Å². The lowest BCUT2D eigenvalue weighted by Crippen LogP contribution is -2.44. The molecule has 3 aromatic heterocycles. The molecule has 0 bridgehead atoms. The summed E-state index contributed by atoms with van der Waals surface area (Å²) in [6, 6.07) is 15.3. The second-order valence-electron chi connectivity index (χ2n) is 8.86. The van der Waals surface area contributed by atoms with E-state index in [9.17, 15) is 9.90 Å². The Bertz CT molecular complexity index is 1400. The summed E-state index contributed by atoms with van der Waals surface area (Å²) in [5.41, 5.74) is 4.34.